The molecule has 4 nitrogen and oxygen atoms in total. The molecule has 4 N–H and O–H groups in total. The lowest BCUT2D eigenvalue weighted by Gasteiger charge is -2.00. The van der Waals surface area contributed by atoms with Gasteiger partial charge in [-0.1, -0.05) is 0 Å². The van der Waals surface area contributed by atoms with Crippen LogP contribution in [0.2, 0.25) is 0 Å². The SMILES string of the molecule is OCCCC[P+](O)(O)O.[Cl-]. The van der Waals surface area contributed by atoms with Crippen molar-refractivity contribution >= 4 is 7.94 Å². The fourth-order valence-corrected chi connectivity index (χ4v) is 1.08. The highest BCUT2D eigenvalue weighted by Crippen LogP contribution is 2.44. The maximum Gasteiger partial charge on any atom is 0.403 e. The lowest BCUT2D eigenvalue weighted by molar-refractivity contribution is -0.00000905. The van der Waals surface area contributed by atoms with Crippen molar-refractivity contribution in [3.8, 4) is 0 Å². The van der Waals surface area contributed by atoms with Gasteiger partial charge < -0.3 is 17.5 Å². The van der Waals surface area contributed by atoms with Crippen LogP contribution in [0.25, 0.3) is 0 Å². The smallest absolute Gasteiger partial charge is 0.403 e. The van der Waals surface area contributed by atoms with Crippen molar-refractivity contribution in [1.82, 2.24) is 0 Å². The van der Waals surface area contributed by atoms with Crippen molar-refractivity contribution in [2.75, 3.05) is 12.8 Å². The van der Waals surface area contributed by atoms with Gasteiger partial charge in [-0.15, -0.1) is 0 Å². The maximum atomic E-state index is 8.38. The van der Waals surface area contributed by atoms with Crippen LogP contribution in [0, 0.1) is 0 Å². The van der Waals surface area contributed by atoms with E-state index in [1.54, 1.807) is 0 Å². The van der Waals surface area contributed by atoms with E-state index in [0.717, 1.165) is 0 Å². The molecule has 0 atom stereocenters. The molecule has 6 heteroatoms. The Morgan fingerprint density at radius 1 is 1.00 bits per heavy atom. The summed E-state index contributed by atoms with van der Waals surface area (Å²) < 4.78 is 0. The van der Waals surface area contributed by atoms with Crippen molar-refractivity contribution < 1.29 is 32.2 Å². The van der Waals surface area contributed by atoms with Crippen LogP contribution in [0.3, 0.4) is 0 Å². The Labute approximate surface area is 66.5 Å². The predicted molar refractivity (Wildman–Crippen MR) is 34.8 cm³/mol. The summed E-state index contributed by atoms with van der Waals surface area (Å²) in [5.74, 6) is 0. The molecule has 0 aromatic carbocycles. The first kappa shape index (κ1) is 13.2. The number of unbranched alkanes of at least 4 members (excludes halogenated alkanes) is 1. The highest BCUT2D eigenvalue weighted by Gasteiger charge is 2.27. The molecule has 0 amide bonds. The van der Waals surface area contributed by atoms with Crippen molar-refractivity contribution in [2.45, 2.75) is 12.8 Å². The molecular formula is C4H12ClO4P. The monoisotopic (exact) mass is 190 g/mol. The summed E-state index contributed by atoms with van der Waals surface area (Å²) in [4.78, 5) is 25.2. The summed E-state index contributed by atoms with van der Waals surface area (Å²) in [6.07, 6.45) is 0.949. The van der Waals surface area contributed by atoms with E-state index in [1.165, 1.54) is 0 Å². The highest BCUT2D eigenvalue weighted by molar-refractivity contribution is 7.58. The van der Waals surface area contributed by atoms with E-state index in [0.29, 0.717) is 12.8 Å². The first-order chi connectivity index (χ1) is 4.06. The Hall–Kier alpha value is 0.560. The van der Waals surface area contributed by atoms with Gasteiger partial charge in [0.25, 0.3) is 0 Å². The molecule has 0 unspecified atom stereocenters. The van der Waals surface area contributed by atoms with Gasteiger partial charge in [0.1, 0.15) is 6.16 Å². The van der Waals surface area contributed by atoms with Gasteiger partial charge in [-0.25, -0.2) is 0 Å². The average molecular weight is 191 g/mol. The molecular weight excluding hydrogens is 178 g/mol. The van der Waals surface area contributed by atoms with E-state index in [-0.39, 0.29) is 25.2 Å². The standard InChI is InChI=1S/C4H12O4P.ClH/c5-3-1-2-4-9(6,7)8;/h5-8H,1-4H2;1H/q+1;/p-1. The third-order valence-corrected chi connectivity index (χ3v) is 1.78. The van der Waals surface area contributed by atoms with Gasteiger partial charge in [-0.3, -0.25) is 0 Å². The van der Waals surface area contributed by atoms with Crippen molar-refractivity contribution in [3.05, 3.63) is 0 Å². The minimum absolute atomic E-state index is 0. The minimum Gasteiger partial charge on any atom is -1.00 e. The number of hydrogen-bond acceptors (Lipinski definition) is 4. The molecule has 0 heterocycles. The van der Waals surface area contributed by atoms with Crippen LogP contribution in [-0.2, 0) is 0 Å². The summed E-state index contributed by atoms with van der Waals surface area (Å²) in [5, 5.41) is 8.23. The molecule has 0 rings (SSSR count). The van der Waals surface area contributed by atoms with E-state index in [1.807, 2.05) is 0 Å². The molecule has 0 fully saturated rings. The van der Waals surface area contributed by atoms with Gasteiger partial charge in [0.05, 0.1) is 0 Å². The van der Waals surface area contributed by atoms with E-state index in [4.69, 9.17) is 19.8 Å². The summed E-state index contributed by atoms with van der Waals surface area (Å²) in [6, 6.07) is 0. The molecule has 0 aromatic heterocycles. The molecule has 0 bridgehead atoms. The Morgan fingerprint density at radius 2 is 1.50 bits per heavy atom. The molecule has 0 aromatic rings. The maximum absolute atomic E-state index is 8.38. The number of halogens is 1. The third-order valence-electron chi connectivity index (χ3n) is 0.866. The van der Waals surface area contributed by atoms with Crippen LogP contribution in [-0.4, -0.2) is 32.6 Å². The predicted octanol–water partition coefficient (Wildman–Crippen LogP) is -3.50. The quantitative estimate of drug-likeness (QED) is 0.274. The zero-order valence-electron chi connectivity index (χ0n) is 5.44. The van der Waals surface area contributed by atoms with E-state index in [2.05, 4.69) is 0 Å². The van der Waals surface area contributed by atoms with Crippen molar-refractivity contribution in [2.24, 2.45) is 0 Å². The molecule has 0 aliphatic rings. The van der Waals surface area contributed by atoms with Crippen molar-refractivity contribution in [3.63, 3.8) is 0 Å². The summed E-state index contributed by atoms with van der Waals surface area (Å²) in [6.45, 7) is 0.0278. The van der Waals surface area contributed by atoms with Crippen LogP contribution in [0.4, 0.5) is 0 Å². The highest BCUT2D eigenvalue weighted by atomic mass is 35.5. The normalized spacial score (nSPS) is 10.8. The molecule has 0 spiro atoms. The van der Waals surface area contributed by atoms with Crippen LogP contribution in [0.5, 0.6) is 0 Å². The topological polar surface area (TPSA) is 80.9 Å². The second-order valence-corrected chi connectivity index (χ2v) is 3.68. The Bertz CT molecular complexity index is 74.1. The fourth-order valence-electron chi connectivity index (χ4n) is 0.436. The zero-order chi connectivity index (χ0) is 7.33. The molecule has 0 radical (unpaired) electrons. The molecule has 0 aliphatic carbocycles. The van der Waals surface area contributed by atoms with Crippen LogP contribution < -0.4 is 12.4 Å². The summed E-state index contributed by atoms with van der Waals surface area (Å²) in [5.41, 5.74) is 0. The second-order valence-electron chi connectivity index (χ2n) is 1.85. The number of aliphatic hydroxyl groups excluding tert-OH is 1. The van der Waals surface area contributed by atoms with Crippen LogP contribution in [0.1, 0.15) is 12.8 Å². The summed E-state index contributed by atoms with van der Waals surface area (Å²) >= 11 is 0. The minimum atomic E-state index is -3.56. The molecule has 0 aliphatic heterocycles. The largest absolute Gasteiger partial charge is 1.00 e. The van der Waals surface area contributed by atoms with E-state index in [9.17, 15) is 0 Å². The van der Waals surface area contributed by atoms with Gasteiger partial charge in [0.2, 0.25) is 0 Å². The van der Waals surface area contributed by atoms with Gasteiger partial charge in [-0.05, 0) is 12.8 Å². The fraction of sp³-hybridized carbons (Fsp3) is 1.00. The van der Waals surface area contributed by atoms with Gasteiger partial charge in [-0.2, -0.15) is 14.7 Å². The zero-order valence-corrected chi connectivity index (χ0v) is 7.09. The number of aliphatic hydroxyl groups is 1. The van der Waals surface area contributed by atoms with Gasteiger partial charge >= 0.3 is 7.94 Å². The lowest BCUT2D eigenvalue weighted by atomic mass is 10.4. The number of hydrogen-bond donors (Lipinski definition) is 4. The Morgan fingerprint density at radius 3 is 1.80 bits per heavy atom. The van der Waals surface area contributed by atoms with Crippen LogP contribution in [0.15, 0.2) is 0 Å². The average Bonchev–Trinajstić information content (AvgIpc) is 1.63. The van der Waals surface area contributed by atoms with Crippen LogP contribution >= 0.6 is 7.94 Å². The molecule has 10 heavy (non-hydrogen) atoms. The third kappa shape index (κ3) is 11.4. The lowest BCUT2D eigenvalue weighted by Crippen LogP contribution is -3.00. The first-order valence-corrected chi connectivity index (χ1v) is 4.56. The van der Waals surface area contributed by atoms with Gasteiger partial charge in [0.15, 0.2) is 0 Å². The Balaban J connectivity index is 0. The molecule has 64 valence electrons. The summed E-state index contributed by atoms with van der Waals surface area (Å²) in [7, 11) is -3.56. The van der Waals surface area contributed by atoms with Crippen molar-refractivity contribution in [1.29, 1.82) is 0 Å². The second kappa shape index (κ2) is 6.28. The Kier molecular flexibility index (Phi) is 8.27. The van der Waals surface area contributed by atoms with Gasteiger partial charge in [0, 0.05) is 6.61 Å². The first-order valence-electron chi connectivity index (χ1n) is 2.73. The number of rotatable bonds is 4. The molecule has 0 saturated carbocycles. The van der Waals surface area contributed by atoms with E-state index >= 15 is 0 Å². The van der Waals surface area contributed by atoms with E-state index < -0.39 is 7.94 Å². The molecule has 0 saturated heterocycles.